The Morgan fingerprint density at radius 3 is 2.61 bits per heavy atom. The smallest absolute Gasteiger partial charge is 0.349 e. The number of hydrogen-bond acceptors (Lipinski definition) is 4. The summed E-state index contributed by atoms with van der Waals surface area (Å²) in [4.78, 5) is 29.0. The summed E-state index contributed by atoms with van der Waals surface area (Å²) >= 11 is 0. The van der Waals surface area contributed by atoms with E-state index in [1.54, 1.807) is 17.0 Å². The highest BCUT2D eigenvalue weighted by atomic mass is 16.4. The largest absolute Gasteiger partial charge is 0.422 e. The van der Waals surface area contributed by atoms with Crippen molar-refractivity contribution in [2.45, 2.75) is 12.8 Å². The summed E-state index contributed by atoms with van der Waals surface area (Å²) in [7, 11) is 0. The normalized spacial score (nSPS) is 19.2. The molecule has 5 heteroatoms. The topological polar surface area (TPSA) is 53.8 Å². The van der Waals surface area contributed by atoms with Gasteiger partial charge < -0.3 is 9.32 Å². The Labute approximate surface area is 134 Å². The van der Waals surface area contributed by atoms with Crippen LogP contribution in [0.2, 0.25) is 0 Å². The molecule has 1 aromatic carbocycles. The van der Waals surface area contributed by atoms with Crippen molar-refractivity contribution < 1.29 is 9.21 Å². The summed E-state index contributed by atoms with van der Waals surface area (Å²) in [6.07, 6.45) is 2.69. The molecule has 1 aliphatic heterocycles. The van der Waals surface area contributed by atoms with Gasteiger partial charge in [0.05, 0.1) is 0 Å². The van der Waals surface area contributed by atoms with Gasteiger partial charge in [-0.25, -0.2) is 4.79 Å². The van der Waals surface area contributed by atoms with Gasteiger partial charge >= 0.3 is 5.63 Å². The highest BCUT2D eigenvalue weighted by Crippen LogP contribution is 2.30. The van der Waals surface area contributed by atoms with Crippen molar-refractivity contribution in [1.29, 1.82) is 0 Å². The number of hydrogen-bond donors (Lipinski definition) is 0. The maximum Gasteiger partial charge on any atom is 0.349 e. The zero-order valence-electron chi connectivity index (χ0n) is 13.0. The van der Waals surface area contributed by atoms with Gasteiger partial charge in [-0.2, -0.15) is 0 Å². The SMILES string of the molecule is O=C(c1cc2ccccc2oc1=O)N1CCN(CC2CC2)CC1. The van der Waals surface area contributed by atoms with E-state index in [9.17, 15) is 9.59 Å². The van der Waals surface area contributed by atoms with Crippen LogP contribution < -0.4 is 5.63 Å². The van der Waals surface area contributed by atoms with Gasteiger partial charge in [0, 0.05) is 38.1 Å². The van der Waals surface area contributed by atoms with Gasteiger partial charge in [0.2, 0.25) is 0 Å². The number of piperazine rings is 1. The Morgan fingerprint density at radius 2 is 1.87 bits per heavy atom. The number of carbonyl (C=O) groups is 1. The Kier molecular flexibility index (Phi) is 3.65. The zero-order chi connectivity index (χ0) is 15.8. The quantitative estimate of drug-likeness (QED) is 0.813. The molecule has 5 nitrogen and oxygen atoms in total. The van der Waals surface area contributed by atoms with E-state index in [0.717, 1.165) is 30.9 Å². The van der Waals surface area contributed by atoms with Crippen molar-refractivity contribution in [2.24, 2.45) is 5.92 Å². The van der Waals surface area contributed by atoms with Crippen LogP contribution in [0.5, 0.6) is 0 Å². The molecule has 0 spiro atoms. The van der Waals surface area contributed by atoms with Gasteiger partial charge in [-0.1, -0.05) is 18.2 Å². The van der Waals surface area contributed by atoms with Crippen molar-refractivity contribution in [3.05, 3.63) is 46.3 Å². The summed E-state index contributed by atoms with van der Waals surface area (Å²) < 4.78 is 5.27. The first kappa shape index (κ1) is 14.5. The number of benzene rings is 1. The average molecular weight is 312 g/mol. The molecule has 1 aromatic heterocycles. The molecule has 2 heterocycles. The first-order valence-corrected chi connectivity index (χ1v) is 8.25. The van der Waals surface area contributed by atoms with Crippen molar-refractivity contribution >= 4 is 16.9 Å². The molecule has 120 valence electrons. The monoisotopic (exact) mass is 312 g/mol. The van der Waals surface area contributed by atoms with E-state index < -0.39 is 5.63 Å². The van der Waals surface area contributed by atoms with E-state index in [2.05, 4.69) is 4.90 Å². The minimum absolute atomic E-state index is 0.138. The fraction of sp³-hybridized carbons (Fsp3) is 0.444. The van der Waals surface area contributed by atoms with E-state index in [1.165, 1.54) is 12.8 Å². The number of carbonyl (C=O) groups excluding carboxylic acids is 1. The first-order valence-electron chi connectivity index (χ1n) is 8.25. The van der Waals surface area contributed by atoms with Gasteiger partial charge in [0.15, 0.2) is 0 Å². The molecule has 1 amide bonds. The van der Waals surface area contributed by atoms with E-state index in [1.807, 2.05) is 18.2 Å². The number of fused-ring (bicyclic) bond motifs is 1. The lowest BCUT2D eigenvalue weighted by Gasteiger charge is -2.34. The highest BCUT2D eigenvalue weighted by molar-refractivity contribution is 5.96. The van der Waals surface area contributed by atoms with Crippen LogP contribution >= 0.6 is 0 Å². The molecule has 4 rings (SSSR count). The standard InChI is InChI=1S/C18H20N2O3/c21-17(20-9-7-19(8-10-20)12-13-5-6-13)15-11-14-3-1-2-4-16(14)23-18(15)22/h1-4,11,13H,5-10,12H2. The van der Waals surface area contributed by atoms with Crippen molar-refractivity contribution in [3.63, 3.8) is 0 Å². The summed E-state index contributed by atoms with van der Waals surface area (Å²) in [6, 6.07) is 8.92. The number of para-hydroxylation sites is 1. The third-order valence-corrected chi connectivity index (χ3v) is 4.74. The van der Waals surface area contributed by atoms with Crippen molar-refractivity contribution in [2.75, 3.05) is 32.7 Å². The second-order valence-electron chi connectivity index (χ2n) is 6.52. The van der Waals surface area contributed by atoms with Crippen molar-refractivity contribution in [1.82, 2.24) is 9.80 Å². The van der Waals surface area contributed by atoms with Crippen molar-refractivity contribution in [3.8, 4) is 0 Å². The molecule has 2 aliphatic rings. The fourth-order valence-electron chi connectivity index (χ4n) is 3.18. The molecule has 0 radical (unpaired) electrons. The van der Waals surface area contributed by atoms with E-state index in [0.29, 0.717) is 18.7 Å². The average Bonchev–Trinajstić information content (AvgIpc) is 3.38. The molecule has 1 saturated carbocycles. The first-order chi connectivity index (χ1) is 11.2. The van der Waals surface area contributed by atoms with Crippen LogP contribution in [0.1, 0.15) is 23.2 Å². The highest BCUT2D eigenvalue weighted by Gasteiger charge is 2.28. The maximum atomic E-state index is 12.7. The lowest BCUT2D eigenvalue weighted by molar-refractivity contribution is 0.0628. The number of amides is 1. The molecule has 0 unspecified atom stereocenters. The molecule has 2 aromatic rings. The fourth-order valence-corrected chi connectivity index (χ4v) is 3.18. The molecule has 0 atom stereocenters. The third-order valence-electron chi connectivity index (χ3n) is 4.74. The van der Waals surface area contributed by atoms with Crippen LogP contribution in [0, 0.1) is 5.92 Å². The summed E-state index contributed by atoms with van der Waals surface area (Å²) in [5.41, 5.74) is 0.108. The Hall–Kier alpha value is -2.14. The van der Waals surface area contributed by atoms with Gasteiger partial charge in [0.25, 0.3) is 5.91 Å². The van der Waals surface area contributed by atoms with Crippen LogP contribution in [0.25, 0.3) is 11.0 Å². The summed E-state index contributed by atoms with van der Waals surface area (Å²) in [5.74, 6) is 0.653. The Bertz CT molecular complexity index is 786. The minimum Gasteiger partial charge on any atom is -0.422 e. The minimum atomic E-state index is -0.547. The molecular weight excluding hydrogens is 292 g/mol. The molecule has 2 fully saturated rings. The second kappa shape index (κ2) is 5.81. The zero-order valence-corrected chi connectivity index (χ0v) is 13.0. The second-order valence-corrected chi connectivity index (χ2v) is 6.52. The van der Waals surface area contributed by atoms with Gasteiger partial charge in [-0.15, -0.1) is 0 Å². The lowest BCUT2D eigenvalue weighted by atomic mass is 10.1. The van der Waals surface area contributed by atoms with Crippen LogP contribution in [-0.4, -0.2) is 48.4 Å². The Balaban J connectivity index is 1.50. The predicted octanol–water partition coefficient (Wildman–Crippen LogP) is 1.96. The van der Waals surface area contributed by atoms with E-state index in [-0.39, 0.29) is 11.5 Å². The van der Waals surface area contributed by atoms with Gasteiger partial charge in [-0.05, 0) is 30.9 Å². The molecule has 0 N–H and O–H groups in total. The molecule has 1 saturated heterocycles. The molecule has 1 aliphatic carbocycles. The number of rotatable bonds is 3. The third kappa shape index (κ3) is 3.01. The van der Waals surface area contributed by atoms with Crippen LogP contribution in [-0.2, 0) is 0 Å². The van der Waals surface area contributed by atoms with Gasteiger partial charge in [0.1, 0.15) is 11.1 Å². The van der Waals surface area contributed by atoms with Crippen LogP contribution in [0.4, 0.5) is 0 Å². The lowest BCUT2D eigenvalue weighted by Crippen LogP contribution is -2.49. The van der Waals surface area contributed by atoms with E-state index >= 15 is 0 Å². The van der Waals surface area contributed by atoms with Crippen LogP contribution in [0.3, 0.4) is 0 Å². The van der Waals surface area contributed by atoms with Crippen LogP contribution in [0.15, 0.2) is 39.5 Å². The predicted molar refractivity (Wildman–Crippen MR) is 87.6 cm³/mol. The summed E-state index contributed by atoms with van der Waals surface area (Å²) in [6.45, 7) is 4.29. The maximum absolute atomic E-state index is 12.7. The molecule has 23 heavy (non-hydrogen) atoms. The van der Waals surface area contributed by atoms with E-state index in [4.69, 9.17) is 4.42 Å². The Morgan fingerprint density at radius 1 is 1.13 bits per heavy atom. The molecule has 0 bridgehead atoms. The number of nitrogens with zero attached hydrogens (tertiary/aromatic N) is 2. The van der Waals surface area contributed by atoms with Gasteiger partial charge in [-0.3, -0.25) is 9.69 Å². The summed E-state index contributed by atoms with van der Waals surface area (Å²) in [5, 5.41) is 0.780. The molecular formula is C18H20N2O3.